The molecule has 2 N–H and O–H groups in total. The first-order valence-electron chi connectivity index (χ1n) is 10.1. The number of hydrogen-bond donors (Lipinski definition) is 2. The predicted molar refractivity (Wildman–Crippen MR) is 105 cm³/mol. The zero-order chi connectivity index (χ0) is 19.4. The highest BCUT2D eigenvalue weighted by molar-refractivity contribution is 7.89. The molecule has 3 rings (SSSR count). The summed E-state index contributed by atoms with van der Waals surface area (Å²) in [6.45, 7) is 6.83. The first kappa shape index (κ1) is 20.3. The van der Waals surface area contributed by atoms with Gasteiger partial charge in [0.1, 0.15) is 0 Å². The lowest BCUT2D eigenvalue weighted by molar-refractivity contribution is -0.895. The van der Waals surface area contributed by atoms with Gasteiger partial charge in [0.2, 0.25) is 10.0 Å². The second-order valence-electron chi connectivity index (χ2n) is 8.08. The Morgan fingerprint density at radius 3 is 2.41 bits per heavy atom. The average molecular weight is 395 g/mol. The van der Waals surface area contributed by atoms with Gasteiger partial charge < -0.3 is 10.2 Å². The van der Waals surface area contributed by atoms with Gasteiger partial charge in [-0.05, 0) is 37.8 Å². The Morgan fingerprint density at radius 2 is 1.78 bits per heavy atom. The summed E-state index contributed by atoms with van der Waals surface area (Å²) in [6, 6.07) is 7.29. The molecule has 1 heterocycles. The van der Waals surface area contributed by atoms with E-state index in [0.29, 0.717) is 49.6 Å². The number of nitrogens with one attached hydrogen (secondary N) is 2. The van der Waals surface area contributed by atoms with Crippen LogP contribution in [0.4, 0.5) is 0 Å². The Balaban J connectivity index is 1.49. The highest BCUT2D eigenvalue weighted by Gasteiger charge is 2.31. The minimum absolute atomic E-state index is 0.0959. The summed E-state index contributed by atoms with van der Waals surface area (Å²) < 4.78 is 27.1. The van der Waals surface area contributed by atoms with Gasteiger partial charge in [0.15, 0.2) is 6.54 Å². The summed E-state index contributed by atoms with van der Waals surface area (Å²) in [6.07, 6.45) is 4.71. The third-order valence-electron chi connectivity index (χ3n) is 5.96. The van der Waals surface area contributed by atoms with Gasteiger partial charge in [-0.1, -0.05) is 37.5 Å². The van der Waals surface area contributed by atoms with Crippen LogP contribution in [0.1, 0.15) is 38.2 Å². The van der Waals surface area contributed by atoms with Crippen LogP contribution < -0.4 is 10.2 Å². The lowest BCUT2D eigenvalue weighted by Crippen LogP contribution is -3.15. The molecular weight excluding hydrogens is 362 g/mol. The molecule has 2 atom stereocenters. The van der Waals surface area contributed by atoms with Crippen LogP contribution in [-0.4, -0.2) is 57.4 Å². The Kier molecular flexibility index (Phi) is 6.55. The summed E-state index contributed by atoms with van der Waals surface area (Å²) >= 11 is 0. The molecule has 7 heteroatoms. The predicted octanol–water partition coefficient (Wildman–Crippen LogP) is 0.579. The van der Waals surface area contributed by atoms with Crippen LogP contribution in [-0.2, 0) is 14.8 Å². The SMILES string of the molecule is Cc1ccc(S(=O)(=O)N2CC[NH+](CC(=O)N[C@H]3CCCC[C@H]3C)CC2)cc1. The van der Waals surface area contributed by atoms with Crippen LogP contribution in [0.15, 0.2) is 29.2 Å². The van der Waals surface area contributed by atoms with Crippen molar-refractivity contribution in [2.24, 2.45) is 5.92 Å². The van der Waals surface area contributed by atoms with Crippen molar-refractivity contribution in [1.82, 2.24) is 9.62 Å². The van der Waals surface area contributed by atoms with E-state index in [1.807, 2.05) is 19.1 Å². The topological polar surface area (TPSA) is 70.9 Å². The minimum atomic E-state index is -3.44. The van der Waals surface area contributed by atoms with E-state index in [-0.39, 0.29) is 5.91 Å². The van der Waals surface area contributed by atoms with Gasteiger partial charge >= 0.3 is 0 Å². The van der Waals surface area contributed by atoms with E-state index in [2.05, 4.69) is 12.2 Å². The molecule has 2 aliphatic rings. The van der Waals surface area contributed by atoms with Gasteiger partial charge in [-0.25, -0.2) is 8.42 Å². The Morgan fingerprint density at radius 1 is 1.15 bits per heavy atom. The molecule has 0 bridgehead atoms. The maximum absolute atomic E-state index is 12.8. The van der Waals surface area contributed by atoms with Gasteiger partial charge in [0.25, 0.3) is 5.91 Å². The third-order valence-corrected chi connectivity index (χ3v) is 7.87. The molecule has 2 fully saturated rings. The lowest BCUT2D eigenvalue weighted by atomic mass is 9.86. The first-order valence-corrected chi connectivity index (χ1v) is 11.5. The van der Waals surface area contributed by atoms with Crippen molar-refractivity contribution in [3.63, 3.8) is 0 Å². The van der Waals surface area contributed by atoms with E-state index in [9.17, 15) is 13.2 Å². The Bertz CT molecular complexity index is 740. The number of piperazine rings is 1. The molecule has 6 nitrogen and oxygen atoms in total. The van der Waals surface area contributed by atoms with E-state index >= 15 is 0 Å². The van der Waals surface area contributed by atoms with E-state index in [1.165, 1.54) is 19.3 Å². The van der Waals surface area contributed by atoms with Crippen LogP contribution >= 0.6 is 0 Å². The highest BCUT2D eigenvalue weighted by atomic mass is 32.2. The molecule has 1 aliphatic carbocycles. The Labute approximate surface area is 163 Å². The smallest absolute Gasteiger partial charge is 0.275 e. The number of carbonyl (C=O) groups is 1. The van der Waals surface area contributed by atoms with Crippen LogP contribution in [0.2, 0.25) is 0 Å². The molecule has 1 amide bonds. The van der Waals surface area contributed by atoms with Gasteiger partial charge in [0, 0.05) is 6.04 Å². The molecule has 27 heavy (non-hydrogen) atoms. The lowest BCUT2D eigenvalue weighted by Gasteiger charge is -2.33. The van der Waals surface area contributed by atoms with Gasteiger partial charge in [-0.15, -0.1) is 0 Å². The molecule has 0 aromatic heterocycles. The summed E-state index contributed by atoms with van der Waals surface area (Å²) in [7, 11) is -3.44. The molecule has 1 aromatic carbocycles. The molecule has 0 radical (unpaired) electrons. The quantitative estimate of drug-likeness (QED) is 0.768. The molecule has 150 valence electrons. The van der Waals surface area contributed by atoms with Gasteiger partial charge in [-0.3, -0.25) is 4.79 Å². The fourth-order valence-electron chi connectivity index (χ4n) is 4.09. The van der Waals surface area contributed by atoms with Crippen LogP contribution in [0.3, 0.4) is 0 Å². The number of quaternary nitrogens is 1. The maximum Gasteiger partial charge on any atom is 0.275 e. The van der Waals surface area contributed by atoms with E-state index in [0.717, 1.165) is 16.9 Å². The van der Waals surface area contributed by atoms with Crippen LogP contribution in [0, 0.1) is 12.8 Å². The zero-order valence-corrected chi connectivity index (χ0v) is 17.2. The summed E-state index contributed by atoms with van der Waals surface area (Å²) in [4.78, 5) is 13.9. The fraction of sp³-hybridized carbons (Fsp3) is 0.650. The minimum Gasteiger partial charge on any atom is -0.348 e. The maximum atomic E-state index is 12.8. The monoisotopic (exact) mass is 394 g/mol. The van der Waals surface area contributed by atoms with Gasteiger partial charge in [0.05, 0.1) is 31.1 Å². The second-order valence-corrected chi connectivity index (χ2v) is 10.0. The summed E-state index contributed by atoms with van der Waals surface area (Å²) in [5.74, 6) is 0.646. The number of carbonyl (C=O) groups excluding carboxylic acids is 1. The van der Waals surface area contributed by atoms with E-state index < -0.39 is 10.0 Å². The van der Waals surface area contributed by atoms with Crippen molar-refractivity contribution in [2.75, 3.05) is 32.7 Å². The van der Waals surface area contributed by atoms with Crippen molar-refractivity contribution in [2.45, 2.75) is 50.5 Å². The van der Waals surface area contributed by atoms with Crippen molar-refractivity contribution >= 4 is 15.9 Å². The number of nitrogens with zero attached hydrogens (tertiary/aromatic N) is 1. The number of hydrogen-bond acceptors (Lipinski definition) is 3. The number of benzene rings is 1. The normalized spacial score (nSPS) is 25.3. The molecule has 1 aliphatic heterocycles. The van der Waals surface area contributed by atoms with Crippen LogP contribution in [0.5, 0.6) is 0 Å². The van der Waals surface area contributed by atoms with Crippen molar-refractivity contribution in [1.29, 1.82) is 0 Å². The number of amides is 1. The van der Waals surface area contributed by atoms with Crippen molar-refractivity contribution in [3.8, 4) is 0 Å². The van der Waals surface area contributed by atoms with Crippen molar-refractivity contribution < 1.29 is 18.1 Å². The van der Waals surface area contributed by atoms with Crippen molar-refractivity contribution in [3.05, 3.63) is 29.8 Å². The third kappa shape index (κ3) is 5.09. The summed E-state index contributed by atoms with van der Waals surface area (Å²) in [5, 5.41) is 3.20. The summed E-state index contributed by atoms with van der Waals surface area (Å²) in [5.41, 5.74) is 1.04. The molecule has 0 unspecified atom stereocenters. The fourth-order valence-corrected chi connectivity index (χ4v) is 5.54. The number of sulfonamides is 1. The number of rotatable bonds is 5. The first-order chi connectivity index (χ1) is 12.9. The molecular formula is C20H32N3O3S+. The standard InChI is InChI=1S/C20H31N3O3S/c1-16-7-9-18(10-8-16)27(25,26)23-13-11-22(12-14-23)15-20(24)21-19-6-4-3-5-17(19)2/h7-10,17,19H,3-6,11-15H2,1-2H3,(H,21,24)/p+1/t17-,19+/m1/s1. The van der Waals surface area contributed by atoms with E-state index in [1.54, 1.807) is 16.4 Å². The van der Waals surface area contributed by atoms with Crippen LogP contribution in [0.25, 0.3) is 0 Å². The zero-order valence-electron chi connectivity index (χ0n) is 16.4. The molecule has 1 aromatic rings. The molecule has 0 spiro atoms. The average Bonchev–Trinajstić information content (AvgIpc) is 2.64. The van der Waals surface area contributed by atoms with Gasteiger partial charge in [-0.2, -0.15) is 4.31 Å². The number of aryl methyl sites for hydroxylation is 1. The Hall–Kier alpha value is -1.44. The van der Waals surface area contributed by atoms with E-state index in [4.69, 9.17) is 0 Å². The highest BCUT2D eigenvalue weighted by Crippen LogP contribution is 2.23. The largest absolute Gasteiger partial charge is 0.348 e. The molecule has 1 saturated heterocycles. The molecule has 1 saturated carbocycles. The second kappa shape index (κ2) is 8.71.